The van der Waals surface area contributed by atoms with Crippen molar-refractivity contribution >= 4 is 26.8 Å². The molecule has 0 unspecified atom stereocenters. The number of rotatable bonds is 1. The van der Waals surface area contributed by atoms with E-state index >= 15 is 0 Å². The molecule has 74 valence electrons. The highest BCUT2D eigenvalue weighted by molar-refractivity contribution is 9.10. The Hall–Kier alpha value is -0.960. The Morgan fingerprint density at radius 3 is 2.64 bits per heavy atom. The van der Waals surface area contributed by atoms with E-state index in [4.69, 9.17) is 4.74 Å². The van der Waals surface area contributed by atoms with Crippen molar-refractivity contribution in [2.45, 2.75) is 13.8 Å². The van der Waals surface area contributed by atoms with Crippen molar-refractivity contribution in [3.8, 4) is 5.75 Å². The van der Waals surface area contributed by atoms with Crippen LogP contribution in [0.5, 0.6) is 5.75 Å². The number of methoxy groups -OCH3 is 1. The number of H-pyrrole nitrogens is 1. The molecule has 0 saturated heterocycles. The van der Waals surface area contributed by atoms with Crippen LogP contribution in [0, 0.1) is 13.8 Å². The minimum Gasteiger partial charge on any atom is -0.494 e. The van der Waals surface area contributed by atoms with Crippen LogP contribution in [0.3, 0.4) is 0 Å². The van der Waals surface area contributed by atoms with Gasteiger partial charge in [0.25, 0.3) is 0 Å². The summed E-state index contributed by atoms with van der Waals surface area (Å²) in [4.78, 5) is 3.28. The van der Waals surface area contributed by atoms with Gasteiger partial charge in [-0.05, 0) is 40.9 Å². The van der Waals surface area contributed by atoms with E-state index < -0.39 is 0 Å². The third kappa shape index (κ3) is 1.23. The summed E-state index contributed by atoms with van der Waals surface area (Å²) >= 11 is 3.49. The molecule has 2 nitrogen and oxygen atoms in total. The largest absolute Gasteiger partial charge is 0.494 e. The zero-order valence-corrected chi connectivity index (χ0v) is 10.0. The second kappa shape index (κ2) is 3.31. The zero-order chi connectivity index (χ0) is 10.3. The van der Waals surface area contributed by atoms with Gasteiger partial charge in [-0.1, -0.05) is 12.1 Å². The molecule has 2 rings (SSSR count). The number of nitrogens with one attached hydrogen (secondary N) is 1. The van der Waals surface area contributed by atoms with Crippen molar-refractivity contribution in [2.75, 3.05) is 7.11 Å². The number of benzene rings is 1. The van der Waals surface area contributed by atoms with E-state index in [-0.39, 0.29) is 0 Å². The first-order valence-corrected chi connectivity index (χ1v) is 5.26. The molecule has 1 N–H and O–H groups in total. The number of aromatic amines is 1. The van der Waals surface area contributed by atoms with E-state index in [1.807, 2.05) is 6.92 Å². The van der Waals surface area contributed by atoms with Crippen molar-refractivity contribution in [2.24, 2.45) is 0 Å². The van der Waals surface area contributed by atoms with Crippen LogP contribution < -0.4 is 4.74 Å². The van der Waals surface area contributed by atoms with Gasteiger partial charge in [0.15, 0.2) is 0 Å². The van der Waals surface area contributed by atoms with Gasteiger partial charge < -0.3 is 9.72 Å². The van der Waals surface area contributed by atoms with Crippen LogP contribution in [0.25, 0.3) is 10.9 Å². The Morgan fingerprint density at radius 2 is 2.00 bits per heavy atom. The van der Waals surface area contributed by atoms with Crippen molar-refractivity contribution in [1.29, 1.82) is 0 Å². The van der Waals surface area contributed by atoms with E-state index in [2.05, 4.69) is 40.0 Å². The third-order valence-corrected chi connectivity index (χ3v) is 3.32. The lowest BCUT2D eigenvalue weighted by Crippen LogP contribution is -1.88. The molecule has 0 spiro atoms. The number of aryl methyl sites for hydroxylation is 2. The quantitative estimate of drug-likeness (QED) is 0.826. The van der Waals surface area contributed by atoms with Gasteiger partial charge in [0, 0.05) is 5.39 Å². The predicted molar refractivity (Wildman–Crippen MR) is 62.0 cm³/mol. The Labute approximate surface area is 91.4 Å². The number of halogens is 1. The smallest absolute Gasteiger partial charge is 0.145 e. The molecule has 3 heteroatoms. The van der Waals surface area contributed by atoms with Crippen LogP contribution >= 0.6 is 15.9 Å². The van der Waals surface area contributed by atoms with Gasteiger partial charge in [-0.3, -0.25) is 0 Å². The molecule has 2 aromatic rings. The maximum absolute atomic E-state index is 5.37. The number of fused-ring (bicyclic) bond motifs is 1. The van der Waals surface area contributed by atoms with Gasteiger partial charge in [0.1, 0.15) is 5.75 Å². The molecule has 0 bridgehead atoms. The zero-order valence-electron chi connectivity index (χ0n) is 8.44. The molecule has 0 fully saturated rings. The molecule has 0 atom stereocenters. The molecule has 1 heterocycles. The summed E-state index contributed by atoms with van der Waals surface area (Å²) in [5.74, 6) is 0.927. The maximum atomic E-state index is 5.37. The molecule has 1 aromatic carbocycles. The Bertz CT molecular complexity index is 487. The van der Waals surface area contributed by atoms with Gasteiger partial charge in [-0.25, -0.2) is 0 Å². The van der Waals surface area contributed by atoms with Crippen LogP contribution in [0.4, 0.5) is 0 Å². The molecule has 0 aliphatic carbocycles. The summed E-state index contributed by atoms with van der Waals surface area (Å²) in [5.41, 5.74) is 3.43. The monoisotopic (exact) mass is 253 g/mol. The minimum absolute atomic E-state index is 0.927. The van der Waals surface area contributed by atoms with Crippen LogP contribution in [0.15, 0.2) is 16.7 Å². The van der Waals surface area contributed by atoms with Gasteiger partial charge in [0.05, 0.1) is 17.2 Å². The lowest BCUT2D eigenvalue weighted by molar-refractivity contribution is 0.416. The normalized spacial score (nSPS) is 10.9. The summed E-state index contributed by atoms with van der Waals surface area (Å²) < 4.78 is 6.40. The second-order valence-electron chi connectivity index (χ2n) is 3.40. The van der Waals surface area contributed by atoms with Crippen molar-refractivity contribution in [1.82, 2.24) is 4.98 Å². The van der Waals surface area contributed by atoms with Crippen molar-refractivity contribution in [3.05, 3.63) is 27.9 Å². The summed E-state index contributed by atoms with van der Waals surface area (Å²) in [7, 11) is 1.70. The van der Waals surface area contributed by atoms with Gasteiger partial charge in [-0.2, -0.15) is 0 Å². The van der Waals surface area contributed by atoms with Gasteiger partial charge in [0.2, 0.25) is 0 Å². The Morgan fingerprint density at radius 1 is 1.29 bits per heavy atom. The molecule has 0 radical (unpaired) electrons. The summed E-state index contributed by atoms with van der Waals surface area (Å²) in [6.45, 7) is 4.13. The van der Waals surface area contributed by atoms with Crippen LogP contribution in [0.2, 0.25) is 0 Å². The van der Waals surface area contributed by atoms with Crippen LogP contribution in [-0.4, -0.2) is 12.1 Å². The minimum atomic E-state index is 0.927. The fourth-order valence-electron chi connectivity index (χ4n) is 1.71. The van der Waals surface area contributed by atoms with Gasteiger partial charge >= 0.3 is 0 Å². The highest BCUT2D eigenvalue weighted by Crippen LogP contribution is 2.33. The summed E-state index contributed by atoms with van der Waals surface area (Å²) in [6, 6.07) is 4.19. The predicted octanol–water partition coefficient (Wildman–Crippen LogP) is 3.56. The van der Waals surface area contributed by atoms with E-state index in [1.54, 1.807) is 7.11 Å². The molecule has 0 amide bonds. The first-order valence-electron chi connectivity index (χ1n) is 4.46. The van der Waals surface area contributed by atoms with E-state index in [0.29, 0.717) is 0 Å². The number of ether oxygens (including phenoxy) is 1. The van der Waals surface area contributed by atoms with E-state index in [1.165, 1.54) is 10.9 Å². The second-order valence-corrected chi connectivity index (χ2v) is 4.20. The van der Waals surface area contributed by atoms with E-state index in [9.17, 15) is 0 Å². The number of hydrogen-bond acceptors (Lipinski definition) is 1. The fourth-order valence-corrected chi connectivity index (χ4v) is 2.12. The molecular formula is C11H12BrNO. The maximum Gasteiger partial charge on any atom is 0.145 e. The molecular weight excluding hydrogens is 242 g/mol. The summed E-state index contributed by atoms with van der Waals surface area (Å²) in [6.07, 6.45) is 0. The van der Waals surface area contributed by atoms with Gasteiger partial charge in [-0.15, -0.1) is 0 Å². The Balaban J connectivity index is 2.88. The van der Waals surface area contributed by atoms with Crippen LogP contribution in [0.1, 0.15) is 11.1 Å². The summed E-state index contributed by atoms with van der Waals surface area (Å²) in [5, 5.41) is 1.21. The average Bonchev–Trinajstić information content (AvgIpc) is 2.43. The van der Waals surface area contributed by atoms with Crippen molar-refractivity contribution < 1.29 is 4.74 Å². The molecule has 0 saturated carbocycles. The number of hydrogen-bond donors (Lipinski definition) is 1. The standard InChI is InChI=1S/C11H12BrNO/c1-6-4-5-8-7(2)11(12)13-9(8)10(6)14-3/h4-5,13H,1-3H3. The lowest BCUT2D eigenvalue weighted by atomic mass is 10.1. The van der Waals surface area contributed by atoms with Crippen LogP contribution in [-0.2, 0) is 0 Å². The third-order valence-electron chi connectivity index (χ3n) is 2.53. The highest BCUT2D eigenvalue weighted by Gasteiger charge is 2.10. The number of aromatic nitrogens is 1. The lowest BCUT2D eigenvalue weighted by Gasteiger charge is -2.05. The van der Waals surface area contributed by atoms with E-state index in [0.717, 1.165) is 21.4 Å². The molecule has 1 aromatic heterocycles. The molecule has 0 aliphatic heterocycles. The SMILES string of the molecule is COc1c(C)ccc2c(C)c(Br)[nH]c12. The molecule has 14 heavy (non-hydrogen) atoms. The van der Waals surface area contributed by atoms with Crippen molar-refractivity contribution in [3.63, 3.8) is 0 Å². The first-order chi connectivity index (χ1) is 6.65. The fraction of sp³-hybridized carbons (Fsp3) is 0.273. The Kier molecular flexibility index (Phi) is 2.27. The topological polar surface area (TPSA) is 25.0 Å². The first kappa shape index (κ1) is 9.59. The average molecular weight is 254 g/mol. The molecule has 0 aliphatic rings. The highest BCUT2D eigenvalue weighted by atomic mass is 79.9.